The number of fused-ring (bicyclic) bond motifs is 1. The molecule has 9 heteroatoms. The number of imidazole rings is 1. The fraction of sp³-hybridized carbons (Fsp3) is 0.100. The number of alkyl halides is 3. The first-order chi connectivity index (χ1) is 13.8. The van der Waals surface area contributed by atoms with Gasteiger partial charge in [0.1, 0.15) is 17.2 Å². The highest BCUT2D eigenvalue weighted by Crippen LogP contribution is 2.35. The van der Waals surface area contributed by atoms with Crippen molar-refractivity contribution in [3.8, 4) is 11.1 Å². The zero-order valence-corrected chi connectivity index (χ0v) is 15.5. The number of hydrogen-bond acceptors (Lipinski definition) is 3. The van der Waals surface area contributed by atoms with Crippen molar-refractivity contribution >= 4 is 22.9 Å². The number of carbonyl (C=O) groups excluding carboxylic acids is 1. The summed E-state index contributed by atoms with van der Waals surface area (Å²) in [7, 11) is 0. The van der Waals surface area contributed by atoms with Crippen molar-refractivity contribution in [2.45, 2.75) is 12.7 Å². The Bertz CT molecular complexity index is 1180. The van der Waals surface area contributed by atoms with E-state index in [1.54, 1.807) is 0 Å². The number of pyridine rings is 1. The van der Waals surface area contributed by atoms with E-state index >= 15 is 0 Å². The Hall–Kier alpha value is -3.20. The molecule has 0 unspecified atom stereocenters. The van der Waals surface area contributed by atoms with Crippen molar-refractivity contribution in [3.05, 3.63) is 82.2 Å². The third-order valence-corrected chi connectivity index (χ3v) is 5.13. The Morgan fingerprint density at radius 3 is 2.62 bits per heavy atom. The van der Waals surface area contributed by atoms with Gasteiger partial charge in [0, 0.05) is 17.3 Å². The average Bonchev–Trinajstić information content (AvgIpc) is 3.34. The van der Waals surface area contributed by atoms with Crippen molar-refractivity contribution in [2.75, 3.05) is 0 Å². The van der Waals surface area contributed by atoms with E-state index in [0.717, 1.165) is 21.4 Å². The molecule has 3 heterocycles. The molecule has 4 nitrogen and oxygen atoms in total. The maximum absolute atomic E-state index is 13.6. The molecule has 0 aliphatic heterocycles. The molecule has 0 aliphatic rings. The molecule has 0 aliphatic carbocycles. The maximum atomic E-state index is 13.6. The van der Waals surface area contributed by atoms with Crippen LogP contribution in [-0.2, 0) is 12.7 Å². The van der Waals surface area contributed by atoms with Crippen molar-refractivity contribution in [1.29, 1.82) is 0 Å². The predicted octanol–water partition coefficient (Wildman–Crippen LogP) is 5.15. The van der Waals surface area contributed by atoms with E-state index in [-0.39, 0.29) is 29.0 Å². The molecular formula is C20H13F4N3OS. The average molecular weight is 419 g/mol. The first-order valence-electron chi connectivity index (χ1n) is 8.48. The van der Waals surface area contributed by atoms with Crippen LogP contribution in [0.15, 0.2) is 60.2 Å². The first-order valence-corrected chi connectivity index (χ1v) is 9.36. The lowest BCUT2D eigenvalue weighted by Gasteiger charge is -2.11. The van der Waals surface area contributed by atoms with Crippen LogP contribution in [0.25, 0.3) is 16.8 Å². The number of hydrogen-bond donors (Lipinski definition) is 1. The van der Waals surface area contributed by atoms with Gasteiger partial charge in [-0.3, -0.25) is 4.79 Å². The molecule has 0 saturated carbocycles. The van der Waals surface area contributed by atoms with Crippen LogP contribution in [0.3, 0.4) is 0 Å². The van der Waals surface area contributed by atoms with Crippen molar-refractivity contribution < 1.29 is 22.4 Å². The number of nitrogens with one attached hydrogen (secondary N) is 1. The summed E-state index contributed by atoms with van der Waals surface area (Å²) in [5.74, 6) is -1.14. The van der Waals surface area contributed by atoms with E-state index in [9.17, 15) is 22.4 Å². The van der Waals surface area contributed by atoms with E-state index in [0.29, 0.717) is 0 Å². The SMILES string of the molecule is O=C(NCc1cccs1)c1cn2cc(-c3cccc(F)c3)cc(C(F)(F)F)c2n1. The zero-order valence-electron chi connectivity index (χ0n) is 14.7. The molecule has 1 aromatic carbocycles. The van der Waals surface area contributed by atoms with E-state index in [1.165, 1.54) is 41.9 Å². The molecule has 4 aromatic rings. The number of rotatable bonds is 4. The van der Waals surface area contributed by atoms with E-state index in [4.69, 9.17) is 0 Å². The van der Waals surface area contributed by atoms with Crippen molar-refractivity contribution in [2.24, 2.45) is 0 Å². The monoisotopic (exact) mass is 419 g/mol. The lowest BCUT2D eigenvalue weighted by molar-refractivity contribution is -0.136. The minimum Gasteiger partial charge on any atom is -0.346 e. The number of aromatic nitrogens is 2. The minimum atomic E-state index is -4.69. The van der Waals surface area contributed by atoms with Gasteiger partial charge in [-0.05, 0) is 40.8 Å². The normalized spacial score (nSPS) is 11.7. The molecule has 0 saturated heterocycles. The summed E-state index contributed by atoms with van der Waals surface area (Å²) >= 11 is 1.45. The Morgan fingerprint density at radius 1 is 1.10 bits per heavy atom. The highest BCUT2D eigenvalue weighted by Gasteiger charge is 2.35. The maximum Gasteiger partial charge on any atom is 0.420 e. The second-order valence-corrected chi connectivity index (χ2v) is 7.30. The Kier molecular flexibility index (Phi) is 4.83. The van der Waals surface area contributed by atoms with E-state index in [2.05, 4.69) is 10.3 Å². The van der Waals surface area contributed by atoms with Gasteiger partial charge >= 0.3 is 6.18 Å². The van der Waals surface area contributed by atoms with Gasteiger partial charge in [-0.1, -0.05) is 18.2 Å². The molecule has 29 heavy (non-hydrogen) atoms. The minimum absolute atomic E-state index is 0.136. The first kappa shape index (κ1) is 19.1. The zero-order chi connectivity index (χ0) is 20.6. The molecule has 4 rings (SSSR count). The van der Waals surface area contributed by atoms with Gasteiger partial charge in [0.05, 0.1) is 12.1 Å². The van der Waals surface area contributed by atoms with Gasteiger partial charge in [-0.2, -0.15) is 13.2 Å². The molecule has 0 atom stereocenters. The smallest absolute Gasteiger partial charge is 0.346 e. The molecule has 0 radical (unpaired) electrons. The summed E-state index contributed by atoms with van der Waals surface area (Å²) in [5, 5.41) is 4.50. The fourth-order valence-electron chi connectivity index (χ4n) is 2.91. The second kappa shape index (κ2) is 7.32. The van der Waals surface area contributed by atoms with Gasteiger partial charge < -0.3 is 9.72 Å². The van der Waals surface area contributed by atoms with Crippen LogP contribution in [0.4, 0.5) is 17.6 Å². The van der Waals surface area contributed by atoms with E-state index in [1.807, 2.05) is 17.5 Å². The van der Waals surface area contributed by atoms with Crippen LogP contribution in [0, 0.1) is 5.82 Å². The molecule has 1 amide bonds. The Balaban J connectivity index is 1.75. The summed E-state index contributed by atoms with van der Waals surface area (Å²) < 4.78 is 55.5. The predicted molar refractivity (Wildman–Crippen MR) is 101 cm³/mol. The second-order valence-electron chi connectivity index (χ2n) is 6.27. The topological polar surface area (TPSA) is 46.4 Å². The number of nitrogens with zero attached hydrogens (tertiary/aromatic N) is 2. The van der Waals surface area contributed by atoms with Gasteiger partial charge in [0.25, 0.3) is 5.91 Å². The standard InChI is InChI=1S/C20H13F4N3OS/c21-14-4-1-3-12(7-14)13-8-16(20(22,23)24)18-26-17(11-27(18)10-13)19(28)25-9-15-5-2-6-29-15/h1-8,10-11H,9H2,(H,25,28). The highest BCUT2D eigenvalue weighted by molar-refractivity contribution is 7.09. The molecule has 0 bridgehead atoms. The van der Waals surface area contributed by atoms with Crippen LogP contribution in [-0.4, -0.2) is 15.3 Å². The summed E-state index contributed by atoms with van der Waals surface area (Å²) in [5.41, 5.74) is -1.08. The fourth-order valence-corrected chi connectivity index (χ4v) is 3.56. The number of carbonyl (C=O) groups is 1. The quantitative estimate of drug-likeness (QED) is 0.465. The summed E-state index contributed by atoms with van der Waals surface area (Å²) in [4.78, 5) is 17.2. The van der Waals surface area contributed by atoms with Crippen LogP contribution in [0.2, 0.25) is 0 Å². The molecule has 1 N–H and O–H groups in total. The molecule has 0 spiro atoms. The summed E-state index contributed by atoms with van der Waals surface area (Å²) in [6.07, 6.45) is -2.07. The molecular weight excluding hydrogens is 406 g/mol. The van der Waals surface area contributed by atoms with Crippen molar-refractivity contribution in [1.82, 2.24) is 14.7 Å². The van der Waals surface area contributed by atoms with Crippen molar-refractivity contribution in [3.63, 3.8) is 0 Å². The van der Waals surface area contributed by atoms with Gasteiger partial charge in [0.15, 0.2) is 0 Å². The number of halogens is 4. The Morgan fingerprint density at radius 2 is 1.93 bits per heavy atom. The largest absolute Gasteiger partial charge is 0.420 e. The lowest BCUT2D eigenvalue weighted by atomic mass is 10.1. The van der Waals surface area contributed by atoms with Crippen LogP contribution < -0.4 is 5.32 Å². The molecule has 0 fully saturated rings. The Labute approximate surface area is 166 Å². The molecule has 148 valence electrons. The summed E-state index contributed by atoms with van der Waals surface area (Å²) in [6.45, 7) is 0.255. The number of thiophene rings is 1. The number of amides is 1. The van der Waals surface area contributed by atoms with Gasteiger partial charge in [-0.25, -0.2) is 9.37 Å². The van der Waals surface area contributed by atoms with Gasteiger partial charge in [-0.15, -0.1) is 11.3 Å². The van der Waals surface area contributed by atoms with Crippen LogP contribution >= 0.6 is 11.3 Å². The third kappa shape index (κ3) is 4.00. The number of benzene rings is 1. The van der Waals surface area contributed by atoms with Crippen LogP contribution in [0.5, 0.6) is 0 Å². The van der Waals surface area contributed by atoms with Crippen LogP contribution in [0.1, 0.15) is 20.9 Å². The van der Waals surface area contributed by atoms with E-state index < -0.39 is 23.5 Å². The summed E-state index contributed by atoms with van der Waals surface area (Å²) in [6, 6.07) is 9.86. The van der Waals surface area contributed by atoms with Gasteiger partial charge in [0.2, 0.25) is 0 Å². The molecule has 3 aromatic heterocycles. The third-order valence-electron chi connectivity index (χ3n) is 4.25. The highest BCUT2D eigenvalue weighted by atomic mass is 32.1. The lowest BCUT2D eigenvalue weighted by Crippen LogP contribution is -2.22.